The van der Waals surface area contributed by atoms with Crippen molar-refractivity contribution >= 4 is 5.97 Å². The molecule has 16 heavy (non-hydrogen) atoms. The summed E-state index contributed by atoms with van der Waals surface area (Å²) in [7, 11) is 3.99. The molecule has 0 saturated carbocycles. The Labute approximate surface area is 98.0 Å². The fourth-order valence-electron chi connectivity index (χ4n) is 2.68. The third-order valence-corrected chi connectivity index (χ3v) is 3.87. The van der Waals surface area contributed by atoms with E-state index >= 15 is 0 Å². The number of aliphatic carboxylic acids is 1. The number of piperidine rings is 1. The number of nitrogens with zero attached hydrogens (tertiary/aromatic N) is 1. The summed E-state index contributed by atoms with van der Waals surface area (Å²) in [6, 6.07) is 0.0544. The Morgan fingerprint density at radius 3 is 2.31 bits per heavy atom. The molecule has 1 unspecified atom stereocenters. The average molecular weight is 228 g/mol. The first-order valence-electron chi connectivity index (χ1n) is 5.98. The largest absolute Gasteiger partial charge is 0.481 e. The lowest BCUT2D eigenvalue weighted by Gasteiger charge is -2.40. The number of nitrogens with one attached hydrogen (secondary N) is 1. The summed E-state index contributed by atoms with van der Waals surface area (Å²) in [5.41, 5.74) is -0.699. The first-order chi connectivity index (χ1) is 7.39. The summed E-state index contributed by atoms with van der Waals surface area (Å²) in [6.07, 6.45) is 2.16. The van der Waals surface area contributed by atoms with E-state index in [4.69, 9.17) is 0 Å². The molecule has 0 aliphatic carbocycles. The topological polar surface area (TPSA) is 52.6 Å². The average Bonchev–Trinajstić information content (AvgIpc) is 2.21. The highest BCUT2D eigenvalue weighted by molar-refractivity contribution is 5.74. The van der Waals surface area contributed by atoms with E-state index < -0.39 is 11.4 Å². The van der Waals surface area contributed by atoms with E-state index in [0.29, 0.717) is 5.92 Å². The fourth-order valence-corrected chi connectivity index (χ4v) is 2.68. The molecule has 0 aromatic heterocycles. The van der Waals surface area contributed by atoms with Crippen LogP contribution in [0.15, 0.2) is 0 Å². The summed E-state index contributed by atoms with van der Waals surface area (Å²) in [5, 5.41) is 12.5. The van der Waals surface area contributed by atoms with Gasteiger partial charge in [-0.2, -0.15) is 0 Å². The second-order valence-corrected chi connectivity index (χ2v) is 5.43. The zero-order chi connectivity index (χ0) is 12.3. The Hall–Kier alpha value is -0.610. The van der Waals surface area contributed by atoms with Crippen molar-refractivity contribution in [3.63, 3.8) is 0 Å². The van der Waals surface area contributed by atoms with Crippen LogP contribution in [0.1, 0.15) is 26.7 Å². The molecule has 0 aromatic carbocycles. The van der Waals surface area contributed by atoms with Gasteiger partial charge in [-0.15, -0.1) is 0 Å². The molecule has 1 aliphatic heterocycles. The second-order valence-electron chi connectivity index (χ2n) is 5.43. The summed E-state index contributed by atoms with van der Waals surface area (Å²) >= 11 is 0. The van der Waals surface area contributed by atoms with E-state index in [1.807, 2.05) is 20.9 Å². The predicted octanol–water partition coefficient (Wildman–Crippen LogP) is 1.03. The first-order valence-corrected chi connectivity index (χ1v) is 5.98. The molecule has 0 amide bonds. The molecule has 1 rings (SSSR count). The van der Waals surface area contributed by atoms with Crippen LogP contribution in [0.3, 0.4) is 0 Å². The standard InChI is InChI=1S/C12H24N2O2/c1-12(2,11(15)16)10(13-3)9-5-7-14(4)8-6-9/h9-10,13H,5-8H2,1-4H3,(H,15,16). The van der Waals surface area contributed by atoms with Crippen molar-refractivity contribution in [2.75, 3.05) is 27.2 Å². The van der Waals surface area contributed by atoms with Gasteiger partial charge in [-0.3, -0.25) is 4.79 Å². The number of carbonyl (C=O) groups is 1. The number of hydrogen-bond donors (Lipinski definition) is 2. The summed E-state index contributed by atoms with van der Waals surface area (Å²) in [6.45, 7) is 5.76. The van der Waals surface area contributed by atoms with Crippen molar-refractivity contribution < 1.29 is 9.90 Å². The van der Waals surface area contributed by atoms with Gasteiger partial charge in [-0.1, -0.05) is 0 Å². The number of hydrogen-bond acceptors (Lipinski definition) is 3. The van der Waals surface area contributed by atoms with Crippen molar-refractivity contribution in [3.05, 3.63) is 0 Å². The van der Waals surface area contributed by atoms with Gasteiger partial charge in [0.15, 0.2) is 0 Å². The lowest BCUT2D eigenvalue weighted by Crippen LogP contribution is -2.52. The predicted molar refractivity (Wildman–Crippen MR) is 64.5 cm³/mol. The first kappa shape index (κ1) is 13.5. The molecule has 2 N–H and O–H groups in total. The smallest absolute Gasteiger partial charge is 0.310 e. The quantitative estimate of drug-likeness (QED) is 0.754. The van der Waals surface area contributed by atoms with E-state index in [1.54, 1.807) is 0 Å². The highest BCUT2D eigenvalue weighted by atomic mass is 16.4. The van der Waals surface area contributed by atoms with Crippen LogP contribution in [0, 0.1) is 11.3 Å². The number of carboxylic acids is 1. The lowest BCUT2D eigenvalue weighted by atomic mass is 9.74. The minimum Gasteiger partial charge on any atom is -0.481 e. The Bertz CT molecular complexity index is 245. The Morgan fingerprint density at radius 1 is 1.44 bits per heavy atom. The second kappa shape index (κ2) is 5.15. The van der Waals surface area contributed by atoms with Crippen LogP contribution in [-0.2, 0) is 4.79 Å². The zero-order valence-corrected chi connectivity index (χ0v) is 10.8. The maximum absolute atomic E-state index is 11.3. The fraction of sp³-hybridized carbons (Fsp3) is 0.917. The Morgan fingerprint density at radius 2 is 1.94 bits per heavy atom. The molecule has 94 valence electrons. The zero-order valence-electron chi connectivity index (χ0n) is 10.8. The molecule has 1 saturated heterocycles. The van der Waals surface area contributed by atoms with Crippen LogP contribution in [0.5, 0.6) is 0 Å². The number of likely N-dealkylation sites (tertiary alicyclic amines) is 1. The van der Waals surface area contributed by atoms with E-state index in [1.165, 1.54) is 0 Å². The minimum absolute atomic E-state index is 0.0544. The maximum atomic E-state index is 11.3. The summed E-state index contributed by atoms with van der Waals surface area (Å²) < 4.78 is 0. The van der Waals surface area contributed by atoms with E-state index in [-0.39, 0.29) is 6.04 Å². The van der Waals surface area contributed by atoms with Crippen molar-refractivity contribution in [1.82, 2.24) is 10.2 Å². The molecule has 1 atom stereocenters. The van der Waals surface area contributed by atoms with Crippen LogP contribution < -0.4 is 5.32 Å². The number of rotatable bonds is 4. The van der Waals surface area contributed by atoms with Gasteiger partial charge in [0.05, 0.1) is 5.41 Å². The van der Waals surface area contributed by atoms with E-state index in [2.05, 4.69) is 17.3 Å². The van der Waals surface area contributed by atoms with Gasteiger partial charge in [-0.25, -0.2) is 0 Å². The van der Waals surface area contributed by atoms with Crippen LogP contribution >= 0.6 is 0 Å². The van der Waals surface area contributed by atoms with Gasteiger partial charge in [0.2, 0.25) is 0 Å². The van der Waals surface area contributed by atoms with Crippen molar-refractivity contribution in [2.24, 2.45) is 11.3 Å². The third kappa shape index (κ3) is 2.74. The third-order valence-electron chi connectivity index (χ3n) is 3.87. The molecule has 1 aliphatic rings. The van der Waals surface area contributed by atoms with Crippen molar-refractivity contribution in [3.8, 4) is 0 Å². The van der Waals surface area contributed by atoms with Gasteiger partial charge in [-0.05, 0) is 59.8 Å². The van der Waals surface area contributed by atoms with Crippen LogP contribution in [-0.4, -0.2) is 49.2 Å². The SMILES string of the molecule is CNC(C1CCN(C)CC1)C(C)(C)C(=O)O. The Balaban J connectivity index is 2.71. The van der Waals surface area contributed by atoms with Gasteiger partial charge < -0.3 is 15.3 Å². The van der Waals surface area contributed by atoms with Crippen molar-refractivity contribution in [1.29, 1.82) is 0 Å². The molecule has 0 radical (unpaired) electrons. The molecular weight excluding hydrogens is 204 g/mol. The van der Waals surface area contributed by atoms with Crippen LogP contribution in [0.2, 0.25) is 0 Å². The molecular formula is C12H24N2O2. The molecule has 0 bridgehead atoms. The lowest BCUT2D eigenvalue weighted by molar-refractivity contribution is -0.149. The van der Waals surface area contributed by atoms with Crippen LogP contribution in [0.4, 0.5) is 0 Å². The highest BCUT2D eigenvalue weighted by Gasteiger charge is 2.41. The molecule has 4 heteroatoms. The summed E-state index contributed by atoms with van der Waals surface area (Å²) in [4.78, 5) is 13.6. The summed E-state index contributed by atoms with van der Waals surface area (Å²) in [5.74, 6) is -0.252. The van der Waals surface area contributed by atoms with E-state index in [9.17, 15) is 9.90 Å². The highest BCUT2D eigenvalue weighted by Crippen LogP contribution is 2.31. The normalized spacial score (nSPS) is 22.0. The van der Waals surface area contributed by atoms with Gasteiger partial charge in [0.1, 0.15) is 0 Å². The molecule has 0 spiro atoms. The Kier molecular flexibility index (Phi) is 4.33. The van der Waals surface area contributed by atoms with Crippen molar-refractivity contribution in [2.45, 2.75) is 32.7 Å². The molecule has 4 nitrogen and oxygen atoms in total. The molecule has 0 aromatic rings. The molecule has 1 fully saturated rings. The maximum Gasteiger partial charge on any atom is 0.310 e. The van der Waals surface area contributed by atoms with Gasteiger partial charge >= 0.3 is 5.97 Å². The minimum atomic E-state index is -0.717. The molecule has 1 heterocycles. The van der Waals surface area contributed by atoms with Gasteiger partial charge in [0, 0.05) is 6.04 Å². The number of carboxylic acid groups (broad SMARTS) is 1. The van der Waals surface area contributed by atoms with Gasteiger partial charge in [0.25, 0.3) is 0 Å². The van der Waals surface area contributed by atoms with Crippen LogP contribution in [0.25, 0.3) is 0 Å². The van der Waals surface area contributed by atoms with E-state index in [0.717, 1.165) is 25.9 Å². The monoisotopic (exact) mass is 228 g/mol.